The number of ether oxygens (including phenoxy) is 2. The van der Waals surface area contributed by atoms with Crippen molar-refractivity contribution in [2.24, 2.45) is 0 Å². The SMILES string of the molecule is C=C(NC1CCC(NC(=O)c2sc3nccc4c3c2NC(=O)N4c2ccc(Oc3ccccc3)cc2)CC1)OC(C)(C)C. The number of carbonyl (C=O) groups is 2. The summed E-state index contributed by atoms with van der Waals surface area (Å²) in [5.74, 6) is 1.78. The normalized spacial score (nSPS) is 18.1. The van der Waals surface area contributed by atoms with Crippen molar-refractivity contribution >= 4 is 50.6 Å². The monoisotopic (exact) mass is 597 g/mol. The van der Waals surface area contributed by atoms with Crippen LogP contribution in [0.2, 0.25) is 0 Å². The smallest absolute Gasteiger partial charge is 0.331 e. The van der Waals surface area contributed by atoms with Crippen LogP contribution in [0.4, 0.5) is 21.9 Å². The molecule has 1 aliphatic heterocycles. The Morgan fingerprint density at radius 1 is 0.977 bits per heavy atom. The lowest BCUT2D eigenvalue weighted by Crippen LogP contribution is -2.42. The molecule has 0 unspecified atom stereocenters. The van der Waals surface area contributed by atoms with E-state index in [1.54, 1.807) is 17.2 Å². The number of nitrogens with zero attached hydrogens (tertiary/aromatic N) is 2. The van der Waals surface area contributed by atoms with Gasteiger partial charge in [0.05, 0.1) is 22.4 Å². The molecule has 3 amide bonds. The van der Waals surface area contributed by atoms with E-state index in [0.717, 1.165) is 36.8 Å². The Morgan fingerprint density at radius 3 is 2.30 bits per heavy atom. The van der Waals surface area contributed by atoms with Crippen LogP contribution >= 0.6 is 11.3 Å². The van der Waals surface area contributed by atoms with Crippen molar-refractivity contribution in [3.8, 4) is 11.5 Å². The van der Waals surface area contributed by atoms with Crippen molar-refractivity contribution in [1.82, 2.24) is 15.6 Å². The Hall–Kier alpha value is -4.57. The van der Waals surface area contributed by atoms with E-state index in [4.69, 9.17) is 9.47 Å². The maximum absolute atomic E-state index is 13.5. The number of nitrogens with one attached hydrogen (secondary N) is 3. The average Bonchev–Trinajstić information content (AvgIpc) is 3.34. The Bertz CT molecular complexity index is 1650. The van der Waals surface area contributed by atoms with Crippen LogP contribution in [0.1, 0.15) is 56.1 Å². The van der Waals surface area contributed by atoms with Crippen LogP contribution < -0.4 is 25.6 Å². The molecule has 1 aliphatic carbocycles. The van der Waals surface area contributed by atoms with E-state index in [9.17, 15) is 9.59 Å². The second kappa shape index (κ2) is 11.6. The van der Waals surface area contributed by atoms with Crippen molar-refractivity contribution in [3.05, 3.63) is 84.2 Å². The van der Waals surface area contributed by atoms with Gasteiger partial charge in [-0.25, -0.2) is 9.78 Å². The van der Waals surface area contributed by atoms with E-state index in [1.165, 1.54) is 11.3 Å². The summed E-state index contributed by atoms with van der Waals surface area (Å²) in [4.78, 5) is 34.2. The molecule has 0 spiro atoms. The number of hydrogen-bond acceptors (Lipinski definition) is 7. The zero-order valence-electron chi connectivity index (χ0n) is 24.5. The third-order valence-electron chi connectivity index (χ3n) is 7.38. The van der Waals surface area contributed by atoms with Gasteiger partial charge in [0.1, 0.15) is 26.8 Å². The van der Waals surface area contributed by atoms with Gasteiger partial charge in [0.15, 0.2) is 5.88 Å². The minimum Gasteiger partial charge on any atom is -0.474 e. The number of para-hydroxylation sites is 1. The zero-order valence-corrected chi connectivity index (χ0v) is 25.3. The number of rotatable bonds is 8. The van der Waals surface area contributed by atoms with Crippen molar-refractivity contribution in [2.75, 3.05) is 10.2 Å². The molecule has 1 fully saturated rings. The van der Waals surface area contributed by atoms with Gasteiger partial charge in [-0.15, -0.1) is 11.3 Å². The number of amides is 3. The summed E-state index contributed by atoms with van der Waals surface area (Å²) < 4.78 is 11.7. The molecule has 3 heterocycles. The molecule has 0 radical (unpaired) electrons. The quantitative estimate of drug-likeness (QED) is 0.180. The van der Waals surface area contributed by atoms with Crippen LogP contribution in [0, 0.1) is 0 Å². The second-order valence-corrected chi connectivity index (χ2v) is 12.8. The number of thiophene rings is 1. The van der Waals surface area contributed by atoms with Crippen LogP contribution in [0.15, 0.2) is 79.3 Å². The summed E-state index contributed by atoms with van der Waals surface area (Å²) in [6.07, 6.45) is 5.12. The number of benzene rings is 2. The standard InChI is InChI=1S/C33H35N5O4S/c1-20(42-33(2,3)4)35-21-10-12-22(13-11-21)36-30(39)29-28-27-26(18-19-34-31(27)43-29)38(32(40)37-28)23-14-16-25(17-15-23)41-24-8-6-5-7-9-24/h5-9,14-19,21-22,35H,1,10-13H2,2-4H3,(H,36,39)(H,37,40). The van der Waals surface area contributed by atoms with Gasteiger partial charge < -0.3 is 25.4 Å². The third kappa shape index (κ3) is 6.29. The minimum absolute atomic E-state index is 0.0413. The lowest BCUT2D eigenvalue weighted by Gasteiger charge is -2.32. The van der Waals surface area contributed by atoms with Crippen LogP contribution in [-0.2, 0) is 4.74 Å². The molecule has 0 saturated heterocycles. The Labute approximate surface area is 254 Å². The summed E-state index contributed by atoms with van der Waals surface area (Å²) >= 11 is 1.29. The number of aromatic nitrogens is 1. The molecule has 1 saturated carbocycles. The molecule has 9 nitrogen and oxygen atoms in total. The molecule has 3 N–H and O–H groups in total. The van der Waals surface area contributed by atoms with Crippen LogP contribution in [0.3, 0.4) is 0 Å². The molecule has 0 bridgehead atoms. The fraction of sp³-hybridized carbons (Fsp3) is 0.303. The van der Waals surface area contributed by atoms with Crippen molar-refractivity contribution < 1.29 is 19.1 Å². The highest BCUT2D eigenvalue weighted by atomic mass is 32.1. The van der Waals surface area contributed by atoms with Gasteiger partial charge in [0.25, 0.3) is 5.91 Å². The van der Waals surface area contributed by atoms with Crippen molar-refractivity contribution in [3.63, 3.8) is 0 Å². The van der Waals surface area contributed by atoms with Gasteiger partial charge in [0, 0.05) is 18.3 Å². The van der Waals surface area contributed by atoms with Crippen molar-refractivity contribution in [2.45, 2.75) is 64.1 Å². The number of pyridine rings is 1. The molecular formula is C33H35N5O4S. The number of anilines is 3. The molecule has 2 aromatic heterocycles. The highest BCUT2D eigenvalue weighted by Gasteiger charge is 2.33. The fourth-order valence-corrected chi connectivity index (χ4v) is 6.57. The van der Waals surface area contributed by atoms with Crippen LogP contribution in [0.25, 0.3) is 10.2 Å². The van der Waals surface area contributed by atoms with Crippen LogP contribution in [-0.4, -0.2) is 34.6 Å². The van der Waals surface area contributed by atoms with E-state index in [2.05, 4.69) is 27.5 Å². The van der Waals surface area contributed by atoms with Gasteiger partial charge in [-0.3, -0.25) is 9.69 Å². The first-order valence-electron chi connectivity index (χ1n) is 14.5. The molecule has 6 rings (SSSR count). The van der Waals surface area contributed by atoms with E-state index in [1.807, 2.05) is 75.4 Å². The fourth-order valence-electron chi connectivity index (χ4n) is 5.55. The first-order valence-corrected chi connectivity index (χ1v) is 15.3. The van der Waals surface area contributed by atoms with Gasteiger partial charge >= 0.3 is 6.03 Å². The highest BCUT2D eigenvalue weighted by molar-refractivity contribution is 7.21. The van der Waals surface area contributed by atoms with Gasteiger partial charge in [-0.05, 0) is 95.5 Å². The molecule has 2 aliphatic rings. The maximum Gasteiger partial charge on any atom is 0.331 e. The summed E-state index contributed by atoms with van der Waals surface area (Å²) in [7, 11) is 0. The molecule has 4 aromatic rings. The molecule has 43 heavy (non-hydrogen) atoms. The number of hydrogen-bond donors (Lipinski definition) is 3. The predicted molar refractivity (Wildman–Crippen MR) is 170 cm³/mol. The van der Waals surface area contributed by atoms with Gasteiger partial charge in [0.2, 0.25) is 0 Å². The third-order valence-corrected chi connectivity index (χ3v) is 8.48. The van der Waals surface area contributed by atoms with Crippen LogP contribution in [0.5, 0.6) is 11.5 Å². The average molecular weight is 598 g/mol. The summed E-state index contributed by atoms with van der Waals surface area (Å²) in [6, 6.07) is 18.6. The summed E-state index contributed by atoms with van der Waals surface area (Å²) in [5, 5.41) is 10.3. The maximum atomic E-state index is 13.5. The molecule has 10 heteroatoms. The Balaban J connectivity index is 1.15. The molecule has 222 valence electrons. The Morgan fingerprint density at radius 2 is 1.63 bits per heavy atom. The van der Waals surface area contributed by atoms with E-state index in [0.29, 0.717) is 38.4 Å². The first-order chi connectivity index (χ1) is 20.6. The first kappa shape index (κ1) is 28.5. The largest absolute Gasteiger partial charge is 0.474 e. The topological polar surface area (TPSA) is 105 Å². The van der Waals surface area contributed by atoms with Crippen molar-refractivity contribution in [1.29, 1.82) is 0 Å². The van der Waals surface area contributed by atoms with E-state index >= 15 is 0 Å². The number of urea groups is 1. The predicted octanol–water partition coefficient (Wildman–Crippen LogP) is 7.69. The van der Waals surface area contributed by atoms with Gasteiger partial charge in [-0.1, -0.05) is 18.2 Å². The zero-order chi connectivity index (χ0) is 30.1. The highest BCUT2D eigenvalue weighted by Crippen LogP contribution is 2.46. The number of carbonyl (C=O) groups excluding carboxylic acids is 2. The lowest BCUT2D eigenvalue weighted by molar-refractivity contribution is 0.0364. The second-order valence-electron chi connectivity index (χ2n) is 11.8. The van der Waals surface area contributed by atoms with E-state index < -0.39 is 0 Å². The Kier molecular flexibility index (Phi) is 7.70. The molecule has 2 aromatic carbocycles. The molecule has 0 atom stereocenters. The summed E-state index contributed by atoms with van der Waals surface area (Å²) in [6.45, 7) is 9.97. The van der Waals surface area contributed by atoms with E-state index in [-0.39, 0.29) is 29.6 Å². The van der Waals surface area contributed by atoms with Gasteiger partial charge in [-0.2, -0.15) is 0 Å². The molecular weight excluding hydrogens is 562 g/mol. The minimum atomic E-state index is -0.339. The summed E-state index contributed by atoms with van der Waals surface area (Å²) in [5.41, 5.74) is 1.56. The lowest BCUT2D eigenvalue weighted by atomic mass is 9.91.